The van der Waals surface area contributed by atoms with Crippen molar-refractivity contribution in [2.45, 2.75) is 20.8 Å². The molecule has 6 heteroatoms. The Morgan fingerprint density at radius 1 is 0.931 bits per heavy atom. The zero-order valence-electron chi connectivity index (χ0n) is 16.7. The Bertz CT molecular complexity index is 1130. The predicted molar refractivity (Wildman–Crippen MR) is 120 cm³/mol. The van der Waals surface area contributed by atoms with Crippen LogP contribution in [0.4, 0.5) is 11.5 Å². The number of hydrogen-bond acceptors (Lipinski definition) is 6. The van der Waals surface area contributed by atoms with E-state index in [0.717, 1.165) is 38.8 Å². The summed E-state index contributed by atoms with van der Waals surface area (Å²) in [5.74, 6) is 2.24. The largest absolute Gasteiger partial charge is 0.490 e. The van der Waals surface area contributed by atoms with Crippen molar-refractivity contribution in [3.63, 3.8) is 0 Å². The average molecular weight is 406 g/mol. The van der Waals surface area contributed by atoms with Gasteiger partial charge >= 0.3 is 0 Å². The molecule has 0 saturated heterocycles. The lowest BCUT2D eigenvalue weighted by Crippen LogP contribution is -2.00. The van der Waals surface area contributed by atoms with Crippen LogP contribution in [0.5, 0.6) is 11.5 Å². The second-order valence-corrected chi connectivity index (χ2v) is 7.66. The molecule has 0 radical (unpaired) electrons. The fraction of sp³-hybridized carbons (Fsp3) is 0.217. The maximum absolute atomic E-state index is 5.76. The molecule has 4 aromatic rings. The number of rotatable bonds is 7. The van der Waals surface area contributed by atoms with E-state index in [2.05, 4.69) is 46.5 Å². The zero-order valence-corrected chi connectivity index (χ0v) is 17.5. The highest BCUT2D eigenvalue weighted by molar-refractivity contribution is 7.19. The molecule has 29 heavy (non-hydrogen) atoms. The summed E-state index contributed by atoms with van der Waals surface area (Å²) in [6, 6.07) is 16.2. The monoisotopic (exact) mass is 405 g/mol. The van der Waals surface area contributed by atoms with Gasteiger partial charge in [0.05, 0.1) is 18.6 Å². The Kier molecular flexibility index (Phi) is 5.62. The van der Waals surface area contributed by atoms with Crippen molar-refractivity contribution in [3.8, 4) is 22.6 Å². The van der Waals surface area contributed by atoms with Gasteiger partial charge in [-0.1, -0.05) is 30.3 Å². The SMILES string of the molecule is CCOc1ccc(Nc2ncnc3sc(C)c(-c4ccccc4)c23)cc1OCC. The summed E-state index contributed by atoms with van der Waals surface area (Å²) in [5, 5.41) is 4.49. The molecule has 0 unspecified atom stereocenters. The second-order valence-electron chi connectivity index (χ2n) is 6.45. The van der Waals surface area contributed by atoms with Crippen molar-refractivity contribution in [3.05, 3.63) is 59.7 Å². The summed E-state index contributed by atoms with van der Waals surface area (Å²) in [5.41, 5.74) is 3.22. The van der Waals surface area contributed by atoms with E-state index >= 15 is 0 Å². The van der Waals surface area contributed by atoms with Crippen molar-refractivity contribution >= 4 is 33.1 Å². The van der Waals surface area contributed by atoms with E-state index in [1.165, 1.54) is 10.4 Å². The first kappa shape index (κ1) is 19.2. The third kappa shape index (κ3) is 3.89. The number of aromatic nitrogens is 2. The molecule has 0 saturated carbocycles. The molecule has 0 aliphatic heterocycles. The number of thiophene rings is 1. The smallest absolute Gasteiger partial charge is 0.163 e. The maximum Gasteiger partial charge on any atom is 0.163 e. The van der Waals surface area contributed by atoms with Crippen LogP contribution in [-0.2, 0) is 0 Å². The lowest BCUT2D eigenvalue weighted by Gasteiger charge is -2.14. The highest BCUT2D eigenvalue weighted by Gasteiger charge is 2.17. The van der Waals surface area contributed by atoms with Gasteiger partial charge in [-0.2, -0.15) is 0 Å². The van der Waals surface area contributed by atoms with Crippen LogP contribution in [0.3, 0.4) is 0 Å². The highest BCUT2D eigenvalue weighted by Crippen LogP contribution is 2.41. The van der Waals surface area contributed by atoms with Crippen LogP contribution in [0.1, 0.15) is 18.7 Å². The molecule has 0 aliphatic rings. The Labute approximate surface area is 174 Å². The number of fused-ring (bicyclic) bond motifs is 1. The molecule has 4 rings (SSSR count). The molecule has 2 heterocycles. The van der Waals surface area contributed by atoms with Gasteiger partial charge in [0.1, 0.15) is 17.0 Å². The van der Waals surface area contributed by atoms with Crippen molar-refractivity contribution in [1.82, 2.24) is 9.97 Å². The third-order valence-electron chi connectivity index (χ3n) is 4.53. The lowest BCUT2D eigenvalue weighted by molar-refractivity contribution is 0.288. The number of benzene rings is 2. The minimum Gasteiger partial charge on any atom is -0.490 e. The molecule has 2 aromatic heterocycles. The standard InChI is InChI=1S/C23H23N3O2S/c1-4-27-18-12-11-17(13-19(18)28-5-2)26-22-21-20(16-9-7-6-8-10-16)15(3)29-23(21)25-14-24-22/h6-14H,4-5H2,1-3H3,(H,24,25,26). The van der Waals surface area contributed by atoms with Crippen molar-refractivity contribution in [2.75, 3.05) is 18.5 Å². The summed E-state index contributed by atoms with van der Waals surface area (Å²) in [7, 11) is 0. The van der Waals surface area contributed by atoms with Gasteiger partial charge < -0.3 is 14.8 Å². The number of anilines is 2. The molecule has 2 aromatic carbocycles. The molecule has 5 nitrogen and oxygen atoms in total. The Balaban J connectivity index is 1.78. The van der Waals surface area contributed by atoms with E-state index in [0.29, 0.717) is 13.2 Å². The van der Waals surface area contributed by atoms with Gasteiger partial charge in [-0.3, -0.25) is 0 Å². The first-order valence-corrected chi connectivity index (χ1v) is 10.5. The Morgan fingerprint density at radius 2 is 1.69 bits per heavy atom. The van der Waals surface area contributed by atoms with Crippen LogP contribution >= 0.6 is 11.3 Å². The van der Waals surface area contributed by atoms with E-state index in [1.54, 1.807) is 17.7 Å². The molecule has 0 aliphatic carbocycles. The maximum atomic E-state index is 5.76. The van der Waals surface area contributed by atoms with Gasteiger partial charge in [0.25, 0.3) is 0 Å². The Morgan fingerprint density at radius 3 is 2.45 bits per heavy atom. The first-order chi connectivity index (χ1) is 14.2. The lowest BCUT2D eigenvalue weighted by atomic mass is 10.0. The minimum absolute atomic E-state index is 0.573. The topological polar surface area (TPSA) is 56.3 Å². The number of ether oxygens (including phenoxy) is 2. The number of aryl methyl sites for hydroxylation is 1. The van der Waals surface area contributed by atoms with Crippen molar-refractivity contribution < 1.29 is 9.47 Å². The minimum atomic E-state index is 0.573. The van der Waals surface area contributed by atoms with Crippen LogP contribution in [0.2, 0.25) is 0 Å². The Hall–Kier alpha value is -3.12. The fourth-order valence-electron chi connectivity index (χ4n) is 3.36. The number of nitrogens with zero attached hydrogens (tertiary/aromatic N) is 2. The molecule has 0 spiro atoms. The van der Waals surface area contributed by atoms with Crippen molar-refractivity contribution in [2.24, 2.45) is 0 Å². The molecule has 0 atom stereocenters. The van der Waals surface area contributed by atoms with E-state index in [-0.39, 0.29) is 0 Å². The molecule has 1 N–H and O–H groups in total. The molecule has 0 fully saturated rings. The van der Waals surface area contributed by atoms with Crippen molar-refractivity contribution in [1.29, 1.82) is 0 Å². The normalized spacial score (nSPS) is 10.9. The summed E-state index contributed by atoms with van der Waals surface area (Å²) < 4.78 is 11.4. The van der Waals surface area contributed by atoms with Gasteiger partial charge in [0, 0.05) is 22.2 Å². The van der Waals surface area contributed by atoms with E-state index in [1.807, 2.05) is 38.1 Å². The molecule has 0 bridgehead atoms. The summed E-state index contributed by atoms with van der Waals surface area (Å²) in [6.45, 7) is 7.22. The van der Waals surface area contributed by atoms with E-state index in [9.17, 15) is 0 Å². The summed E-state index contributed by atoms with van der Waals surface area (Å²) >= 11 is 1.68. The van der Waals surface area contributed by atoms with Gasteiger partial charge in [-0.25, -0.2) is 9.97 Å². The molecular weight excluding hydrogens is 382 g/mol. The highest BCUT2D eigenvalue weighted by atomic mass is 32.1. The number of hydrogen-bond donors (Lipinski definition) is 1. The van der Waals surface area contributed by atoms with Crippen LogP contribution < -0.4 is 14.8 Å². The quantitative estimate of drug-likeness (QED) is 0.396. The molecule has 0 amide bonds. The average Bonchev–Trinajstić information content (AvgIpc) is 3.08. The van der Waals surface area contributed by atoms with Crippen LogP contribution in [-0.4, -0.2) is 23.2 Å². The van der Waals surface area contributed by atoms with Gasteiger partial charge in [0.15, 0.2) is 11.5 Å². The van der Waals surface area contributed by atoms with E-state index in [4.69, 9.17) is 9.47 Å². The fourth-order valence-corrected chi connectivity index (χ4v) is 4.37. The second kappa shape index (κ2) is 8.49. The van der Waals surface area contributed by atoms with Crippen LogP contribution in [0.25, 0.3) is 21.3 Å². The predicted octanol–water partition coefficient (Wildman–Crippen LogP) is 6.21. The van der Waals surface area contributed by atoms with E-state index < -0.39 is 0 Å². The number of nitrogens with one attached hydrogen (secondary N) is 1. The van der Waals surface area contributed by atoms with Crippen LogP contribution in [0, 0.1) is 6.92 Å². The first-order valence-electron chi connectivity index (χ1n) is 9.67. The zero-order chi connectivity index (χ0) is 20.2. The van der Waals surface area contributed by atoms with Gasteiger partial charge in [0.2, 0.25) is 0 Å². The molecule has 148 valence electrons. The summed E-state index contributed by atoms with van der Waals surface area (Å²) in [4.78, 5) is 11.2. The summed E-state index contributed by atoms with van der Waals surface area (Å²) in [6.07, 6.45) is 1.60. The third-order valence-corrected chi connectivity index (χ3v) is 5.55. The van der Waals surface area contributed by atoms with Crippen LogP contribution in [0.15, 0.2) is 54.9 Å². The molecular formula is C23H23N3O2S. The van der Waals surface area contributed by atoms with Gasteiger partial charge in [-0.05, 0) is 38.5 Å². The van der Waals surface area contributed by atoms with Gasteiger partial charge in [-0.15, -0.1) is 11.3 Å².